The van der Waals surface area contributed by atoms with Crippen molar-refractivity contribution in [3.63, 3.8) is 0 Å². The maximum atomic E-state index is 13.2. The first-order valence-electron chi connectivity index (χ1n) is 10.8. The van der Waals surface area contributed by atoms with Gasteiger partial charge < -0.3 is 14.4 Å². The van der Waals surface area contributed by atoms with Gasteiger partial charge >= 0.3 is 0 Å². The molecule has 4 aromatic rings. The van der Waals surface area contributed by atoms with Gasteiger partial charge in [0.2, 0.25) is 11.1 Å². The number of hydrogen-bond donors (Lipinski definition) is 0. The number of carbonyl (C=O) groups is 1. The van der Waals surface area contributed by atoms with Crippen molar-refractivity contribution in [2.45, 2.75) is 11.7 Å². The Bertz CT molecular complexity index is 1310. The summed E-state index contributed by atoms with van der Waals surface area (Å²) >= 11 is 1.30. The Morgan fingerprint density at radius 2 is 1.82 bits per heavy atom. The molecule has 0 bridgehead atoms. The highest BCUT2D eigenvalue weighted by Gasteiger charge is 2.22. The van der Waals surface area contributed by atoms with E-state index in [1.165, 1.54) is 23.9 Å². The fourth-order valence-electron chi connectivity index (χ4n) is 4.15. The molecule has 0 spiro atoms. The third-order valence-electron chi connectivity index (χ3n) is 5.82. The van der Waals surface area contributed by atoms with Gasteiger partial charge in [0.25, 0.3) is 0 Å². The molecule has 2 aromatic heterocycles. The summed E-state index contributed by atoms with van der Waals surface area (Å²) in [5.74, 6) is 0.0595. The molecule has 1 aliphatic rings. The lowest BCUT2D eigenvalue weighted by atomic mass is 10.2. The monoisotopic (exact) mass is 462 g/mol. The molecule has 9 heteroatoms. The van der Waals surface area contributed by atoms with Crippen LogP contribution in [0.3, 0.4) is 0 Å². The summed E-state index contributed by atoms with van der Waals surface area (Å²) in [5.41, 5.74) is 3.50. The molecule has 7 nitrogen and oxygen atoms in total. The zero-order chi connectivity index (χ0) is 22.8. The van der Waals surface area contributed by atoms with Gasteiger partial charge in [-0.3, -0.25) is 4.79 Å². The van der Waals surface area contributed by atoms with Crippen molar-refractivity contribution >= 4 is 45.4 Å². The van der Waals surface area contributed by atoms with Crippen LogP contribution in [0.25, 0.3) is 22.1 Å². The summed E-state index contributed by atoms with van der Waals surface area (Å²) in [6.45, 7) is 7.15. The number of amides is 1. The molecule has 1 amide bonds. The molecule has 33 heavy (non-hydrogen) atoms. The van der Waals surface area contributed by atoms with Crippen LogP contribution < -0.4 is 4.90 Å². The molecule has 0 N–H and O–H groups in total. The first-order chi connectivity index (χ1) is 16.1. The number of nitrogens with zero attached hydrogens (tertiary/aromatic N) is 6. The molecule has 2 aromatic carbocycles. The highest BCUT2D eigenvalue weighted by atomic mass is 32.2. The Morgan fingerprint density at radius 1 is 1.06 bits per heavy atom. The number of halogens is 1. The molecule has 3 heterocycles. The molecule has 0 unspecified atom stereocenters. The third kappa shape index (κ3) is 4.28. The fraction of sp³-hybridized carbons (Fsp3) is 0.250. The van der Waals surface area contributed by atoms with Gasteiger partial charge in [-0.1, -0.05) is 36.0 Å². The summed E-state index contributed by atoms with van der Waals surface area (Å²) in [4.78, 5) is 21.5. The standard InChI is InChI=1S/C24H23FN6OS/c1-2-11-31-20-6-4-3-5-19(20)22-23(31)26-24(28-27-22)33-16-21(32)30-14-12-29(13-15-30)18-9-7-17(25)8-10-18/h2-10H,1,11-16H2. The van der Waals surface area contributed by atoms with Crippen molar-refractivity contribution in [2.75, 3.05) is 36.8 Å². The van der Waals surface area contributed by atoms with Gasteiger partial charge in [0.05, 0.1) is 11.3 Å². The van der Waals surface area contributed by atoms with E-state index >= 15 is 0 Å². The number of carbonyl (C=O) groups excluding carboxylic acids is 1. The second kappa shape index (κ2) is 9.19. The Labute approximate surface area is 194 Å². The molecule has 1 saturated heterocycles. The van der Waals surface area contributed by atoms with Crippen molar-refractivity contribution in [2.24, 2.45) is 0 Å². The number of rotatable bonds is 6. The lowest BCUT2D eigenvalue weighted by Gasteiger charge is -2.36. The SMILES string of the molecule is C=CCn1c2ccccc2c2nnc(SCC(=O)N3CCN(c4ccc(F)cc4)CC3)nc21. The number of fused-ring (bicyclic) bond motifs is 3. The summed E-state index contributed by atoms with van der Waals surface area (Å²) in [7, 11) is 0. The van der Waals surface area contributed by atoms with Crippen LogP contribution in [0.2, 0.25) is 0 Å². The van der Waals surface area contributed by atoms with Crippen LogP contribution in [-0.4, -0.2) is 62.5 Å². The maximum Gasteiger partial charge on any atom is 0.233 e. The van der Waals surface area contributed by atoms with Gasteiger partial charge in [-0.2, -0.15) is 0 Å². The van der Waals surface area contributed by atoms with E-state index in [-0.39, 0.29) is 17.5 Å². The van der Waals surface area contributed by atoms with E-state index in [2.05, 4.69) is 26.2 Å². The molecule has 1 aliphatic heterocycles. The first kappa shape index (κ1) is 21.4. The summed E-state index contributed by atoms with van der Waals surface area (Å²) in [6.07, 6.45) is 1.83. The normalized spacial score (nSPS) is 14.2. The molecule has 0 saturated carbocycles. The Morgan fingerprint density at radius 3 is 2.58 bits per heavy atom. The van der Waals surface area contributed by atoms with Gasteiger partial charge in [-0.15, -0.1) is 16.8 Å². The average Bonchev–Trinajstić information content (AvgIpc) is 3.16. The molecule has 168 valence electrons. The number of anilines is 1. The number of benzene rings is 2. The quantitative estimate of drug-likeness (QED) is 0.321. The Balaban J connectivity index is 1.25. The van der Waals surface area contributed by atoms with E-state index in [4.69, 9.17) is 4.98 Å². The van der Waals surface area contributed by atoms with Crippen molar-refractivity contribution in [3.05, 3.63) is 67.0 Å². The topological polar surface area (TPSA) is 67.2 Å². The number of hydrogen-bond acceptors (Lipinski definition) is 6. The van der Waals surface area contributed by atoms with Gasteiger partial charge in [-0.05, 0) is 30.3 Å². The summed E-state index contributed by atoms with van der Waals surface area (Å²) in [6, 6.07) is 14.5. The predicted octanol–water partition coefficient (Wildman–Crippen LogP) is 3.75. The third-order valence-corrected chi connectivity index (χ3v) is 6.64. The number of aromatic nitrogens is 4. The minimum absolute atomic E-state index is 0.0501. The maximum absolute atomic E-state index is 13.2. The van der Waals surface area contributed by atoms with Gasteiger partial charge in [0, 0.05) is 43.8 Å². The molecule has 1 fully saturated rings. The van der Waals surface area contributed by atoms with Crippen LogP contribution in [0.1, 0.15) is 0 Å². The largest absolute Gasteiger partial charge is 0.368 e. The molecular weight excluding hydrogens is 439 g/mol. The van der Waals surface area contributed by atoms with E-state index in [1.807, 2.05) is 35.2 Å². The second-order valence-corrected chi connectivity index (χ2v) is 8.76. The predicted molar refractivity (Wildman–Crippen MR) is 129 cm³/mol. The molecule has 0 radical (unpaired) electrons. The number of allylic oxidation sites excluding steroid dienone is 1. The molecular formula is C24H23FN6OS. The molecule has 0 atom stereocenters. The highest BCUT2D eigenvalue weighted by Crippen LogP contribution is 2.27. The highest BCUT2D eigenvalue weighted by molar-refractivity contribution is 7.99. The lowest BCUT2D eigenvalue weighted by molar-refractivity contribution is -0.128. The second-order valence-electron chi connectivity index (χ2n) is 7.82. The van der Waals surface area contributed by atoms with Crippen LogP contribution >= 0.6 is 11.8 Å². The zero-order valence-corrected chi connectivity index (χ0v) is 18.8. The smallest absolute Gasteiger partial charge is 0.233 e. The first-order valence-corrected chi connectivity index (χ1v) is 11.8. The Hall–Kier alpha value is -3.46. The van der Waals surface area contributed by atoms with Crippen LogP contribution in [0.4, 0.5) is 10.1 Å². The van der Waals surface area contributed by atoms with E-state index in [0.717, 1.165) is 27.8 Å². The van der Waals surface area contributed by atoms with Crippen LogP contribution in [0, 0.1) is 5.82 Å². The van der Waals surface area contributed by atoms with E-state index in [9.17, 15) is 9.18 Å². The van der Waals surface area contributed by atoms with Crippen molar-refractivity contribution in [1.82, 2.24) is 24.6 Å². The summed E-state index contributed by atoms with van der Waals surface area (Å²) in [5, 5.41) is 10.1. The zero-order valence-electron chi connectivity index (χ0n) is 18.0. The van der Waals surface area contributed by atoms with Gasteiger partial charge in [0.15, 0.2) is 5.65 Å². The van der Waals surface area contributed by atoms with Crippen molar-refractivity contribution in [1.29, 1.82) is 0 Å². The van der Waals surface area contributed by atoms with Gasteiger partial charge in [0.1, 0.15) is 11.3 Å². The molecule has 5 rings (SSSR count). The number of thioether (sulfide) groups is 1. The summed E-state index contributed by atoms with van der Waals surface area (Å²) < 4.78 is 15.2. The minimum atomic E-state index is -0.246. The molecule has 0 aliphatic carbocycles. The Kier molecular flexibility index (Phi) is 5.95. The number of piperazine rings is 1. The van der Waals surface area contributed by atoms with E-state index < -0.39 is 0 Å². The fourth-order valence-corrected chi connectivity index (χ4v) is 4.83. The van der Waals surface area contributed by atoms with Crippen molar-refractivity contribution < 1.29 is 9.18 Å². The average molecular weight is 463 g/mol. The van der Waals surface area contributed by atoms with E-state index in [0.29, 0.717) is 37.9 Å². The van der Waals surface area contributed by atoms with Crippen LogP contribution in [0.15, 0.2) is 66.3 Å². The van der Waals surface area contributed by atoms with Crippen LogP contribution in [-0.2, 0) is 11.3 Å². The van der Waals surface area contributed by atoms with Crippen molar-refractivity contribution in [3.8, 4) is 0 Å². The number of para-hydroxylation sites is 1. The van der Waals surface area contributed by atoms with E-state index in [1.54, 1.807) is 12.1 Å². The minimum Gasteiger partial charge on any atom is -0.368 e. The van der Waals surface area contributed by atoms with Crippen LogP contribution in [0.5, 0.6) is 0 Å². The van der Waals surface area contributed by atoms with Gasteiger partial charge in [-0.25, -0.2) is 9.37 Å². The lowest BCUT2D eigenvalue weighted by Crippen LogP contribution is -2.49.